The van der Waals surface area contributed by atoms with Crippen molar-refractivity contribution in [3.05, 3.63) is 65.2 Å². The van der Waals surface area contributed by atoms with Gasteiger partial charge in [-0.15, -0.1) is 0 Å². The van der Waals surface area contributed by atoms with Gasteiger partial charge in [0.05, 0.1) is 26.7 Å². The van der Waals surface area contributed by atoms with Crippen molar-refractivity contribution in [1.29, 1.82) is 0 Å². The van der Waals surface area contributed by atoms with Gasteiger partial charge in [-0.25, -0.2) is 0 Å². The van der Waals surface area contributed by atoms with Gasteiger partial charge in [-0.1, -0.05) is 30.3 Å². The van der Waals surface area contributed by atoms with Crippen LogP contribution >= 0.6 is 0 Å². The smallest absolute Gasteiger partial charge is 0.130 e. The highest BCUT2D eigenvalue weighted by atomic mass is 16.5. The Bertz CT molecular complexity index is 935. The maximum absolute atomic E-state index is 5.73. The van der Waals surface area contributed by atoms with Crippen LogP contribution in [0.2, 0.25) is 0 Å². The Morgan fingerprint density at radius 3 is 2.00 bits per heavy atom. The summed E-state index contributed by atoms with van der Waals surface area (Å²) >= 11 is 0. The number of fused-ring (bicyclic) bond motifs is 2. The van der Waals surface area contributed by atoms with Gasteiger partial charge < -0.3 is 14.2 Å². The molecule has 0 bridgehead atoms. The van der Waals surface area contributed by atoms with E-state index in [1.54, 1.807) is 21.3 Å². The molecule has 0 aromatic heterocycles. The number of hydrogen-bond donors (Lipinski definition) is 0. The van der Waals surface area contributed by atoms with E-state index in [2.05, 4.69) is 36.4 Å². The predicted octanol–water partition coefficient (Wildman–Crippen LogP) is 5.33. The lowest BCUT2D eigenvalue weighted by atomic mass is 9.77. The second-order valence-electron chi connectivity index (χ2n) is 6.72. The van der Waals surface area contributed by atoms with Gasteiger partial charge in [0, 0.05) is 11.3 Å². The van der Waals surface area contributed by atoms with Crippen LogP contribution in [0.4, 0.5) is 0 Å². The van der Waals surface area contributed by atoms with E-state index >= 15 is 0 Å². The summed E-state index contributed by atoms with van der Waals surface area (Å²) in [6, 6.07) is 17.0. The molecule has 0 radical (unpaired) electrons. The molecule has 0 N–H and O–H groups in total. The van der Waals surface area contributed by atoms with E-state index in [0.29, 0.717) is 5.92 Å². The Labute approximate surface area is 154 Å². The van der Waals surface area contributed by atoms with Crippen molar-refractivity contribution >= 4 is 10.8 Å². The maximum atomic E-state index is 5.73. The fraction of sp³-hybridized carbons (Fsp3) is 0.304. The van der Waals surface area contributed by atoms with Crippen LogP contribution < -0.4 is 14.2 Å². The molecule has 3 aromatic rings. The first-order chi connectivity index (χ1) is 12.8. The molecule has 0 saturated heterocycles. The quantitative estimate of drug-likeness (QED) is 0.637. The first kappa shape index (κ1) is 16.8. The third-order valence-corrected chi connectivity index (χ3v) is 5.48. The Morgan fingerprint density at radius 2 is 1.31 bits per heavy atom. The zero-order valence-corrected chi connectivity index (χ0v) is 15.5. The van der Waals surface area contributed by atoms with Crippen molar-refractivity contribution in [2.45, 2.75) is 25.2 Å². The first-order valence-electron chi connectivity index (χ1n) is 9.07. The summed E-state index contributed by atoms with van der Waals surface area (Å²) in [5.41, 5.74) is 4.16. The number of aryl methyl sites for hydroxylation is 1. The van der Waals surface area contributed by atoms with Crippen LogP contribution in [0.3, 0.4) is 0 Å². The van der Waals surface area contributed by atoms with Gasteiger partial charge in [0.2, 0.25) is 0 Å². The van der Waals surface area contributed by atoms with Crippen LogP contribution in [0, 0.1) is 0 Å². The van der Waals surface area contributed by atoms with Crippen molar-refractivity contribution in [1.82, 2.24) is 0 Å². The van der Waals surface area contributed by atoms with Crippen LogP contribution in [-0.4, -0.2) is 21.3 Å². The summed E-state index contributed by atoms with van der Waals surface area (Å²) in [7, 11) is 5.12. The van der Waals surface area contributed by atoms with E-state index in [9.17, 15) is 0 Å². The Balaban J connectivity index is 2.03. The molecule has 3 heteroatoms. The number of ether oxygens (including phenoxy) is 3. The molecule has 1 unspecified atom stereocenters. The van der Waals surface area contributed by atoms with Gasteiger partial charge in [-0.2, -0.15) is 0 Å². The minimum atomic E-state index is 0.356. The molecular weight excluding hydrogens is 324 g/mol. The lowest BCUT2D eigenvalue weighted by Crippen LogP contribution is -2.11. The van der Waals surface area contributed by atoms with Crippen LogP contribution in [0.5, 0.6) is 17.2 Å². The molecule has 1 atom stereocenters. The van der Waals surface area contributed by atoms with Gasteiger partial charge in [-0.3, -0.25) is 0 Å². The molecule has 0 saturated carbocycles. The molecule has 26 heavy (non-hydrogen) atoms. The second-order valence-corrected chi connectivity index (χ2v) is 6.72. The second kappa shape index (κ2) is 6.91. The third-order valence-electron chi connectivity index (χ3n) is 5.48. The Hall–Kier alpha value is -2.68. The molecule has 0 aliphatic heterocycles. The summed E-state index contributed by atoms with van der Waals surface area (Å²) in [5.74, 6) is 2.83. The number of hydrogen-bond acceptors (Lipinski definition) is 3. The van der Waals surface area contributed by atoms with Gasteiger partial charge in [-0.05, 0) is 54.2 Å². The zero-order chi connectivity index (χ0) is 18.1. The van der Waals surface area contributed by atoms with Crippen molar-refractivity contribution < 1.29 is 14.2 Å². The summed E-state index contributed by atoms with van der Waals surface area (Å²) in [6.07, 6.45) is 3.49. The van der Waals surface area contributed by atoms with E-state index in [0.717, 1.165) is 40.9 Å². The SMILES string of the molecule is COc1ccc(OC)c2c(C3CCCc4ccccc43)ccc(OC)c12. The molecule has 4 rings (SSSR count). The molecule has 3 aromatic carbocycles. The molecule has 0 spiro atoms. The highest BCUT2D eigenvalue weighted by molar-refractivity contribution is 6.00. The standard InChI is InChI=1S/C23H24O3/c1-24-19-13-14-21(26-3)23-20(25-2)12-11-18(22(19)23)17-10-6-8-15-7-4-5-9-16(15)17/h4-5,7,9,11-14,17H,6,8,10H2,1-3H3. The molecule has 0 heterocycles. The fourth-order valence-electron chi connectivity index (χ4n) is 4.31. The summed E-state index contributed by atoms with van der Waals surface area (Å²) in [5, 5.41) is 2.07. The highest BCUT2D eigenvalue weighted by Gasteiger charge is 2.26. The number of benzene rings is 3. The summed E-state index contributed by atoms with van der Waals surface area (Å²) < 4.78 is 17.0. The minimum Gasteiger partial charge on any atom is -0.496 e. The minimum absolute atomic E-state index is 0.356. The molecule has 0 fully saturated rings. The van der Waals surface area contributed by atoms with Gasteiger partial charge in [0.15, 0.2) is 0 Å². The first-order valence-corrected chi connectivity index (χ1v) is 9.07. The summed E-state index contributed by atoms with van der Waals surface area (Å²) in [6.45, 7) is 0. The van der Waals surface area contributed by atoms with Gasteiger partial charge in [0.25, 0.3) is 0 Å². The van der Waals surface area contributed by atoms with Crippen molar-refractivity contribution in [3.8, 4) is 17.2 Å². The van der Waals surface area contributed by atoms with E-state index in [1.165, 1.54) is 23.1 Å². The van der Waals surface area contributed by atoms with Crippen LogP contribution in [0.15, 0.2) is 48.5 Å². The lowest BCUT2D eigenvalue weighted by Gasteiger charge is -2.28. The van der Waals surface area contributed by atoms with Crippen molar-refractivity contribution in [2.75, 3.05) is 21.3 Å². The van der Waals surface area contributed by atoms with E-state index in [1.807, 2.05) is 12.1 Å². The lowest BCUT2D eigenvalue weighted by molar-refractivity contribution is 0.400. The third kappa shape index (κ3) is 2.59. The number of rotatable bonds is 4. The van der Waals surface area contributed by atoms with Crippen LogP contribution in [0.25, 0.3) is 10.8 Å². The van der Waals surface area contributed by atoms with Gasteiger partial charge >= 0.3 is 0 Å². The van der Waals surface area contributed by atoms with Crippen LogP contribution in [0.1, 0.15) is 35.4 Å². The average molecular weight is 348 g/mol. The van der Waals surface area contributed by atoms with Gasteiger partial charge in [0.1, 0.15) is 17.2 Å². The maximum Gasteiger partial charge on any atom is 0.130 e. The Morgan fingerprint density at radius 1 is 0.692 bits per heavy atom. The summed E-state index contributed by atoms with van der Waals surface area (Å²) in [4.78, 5) is 0. The monoisotopic (exact) mass is 348 g/mol. The van der Waals surface area contributed by atoms with E-state index < -0.39 is 0 Å². The zero-order valence-electron chi connectivity index (χ0n) is 15.5. The van der Waals surface area contributed by atoms with Crippen molar-refractivity contribution in [3.63, 3.8) is 0 Å². The Kier molecular flexibility index (Phi) is 4.46. The molecule has 0 amide bonds. The molecule has 3 nitrogen and oxygen atoms in total. The molecule has 1 aliphatic carbocycles. The van der Waals surface area contributed by atoms with E-state index in [4.69, 9.17) is 14.2 Å². The normalized spacial score (nSPS) is 16.2. The highest BCUT2D eigenvalue weighted by Crippen LogP contribution is 2.47. The molecular formula is C23H24O3. The predicted molar refractivity (Wildman–Crippen MR) is 105 cm³/mol. The fourth-order valence-corrected chi connectivity index (χ4v) is 4.31. The topological polar surface area (TPSA) is 27.7 Å². The average Bonchev–Trinajstić information content (AvgIpc) is 2.71. The molecule has 134 valence electrons. The van der Waals surface area contributed by atoms with Crippen molar-refractivity contribution in [2.24, 2.45) is 0 Å². The van der Waals surface area contributed by atoms with Crippen LogP contribution in [-0.2, 0) is 6.42 Å². The number of methoxy groups -OCH3 is 3. The molecule has 1 aliphatic rings. The largest absolute Gasteiger partial charge is 0.496 e. The van der Waals surface area contributed by atoms with E-state index in [-0.39, 0.29) is 0 Å².